The van der Waals surface area contributed by atoms with E-state index < -0.39 is 5.41 Å². The van der Waals surface area contributed by atoms with E-state index in [1.807, 2.05) is 11.3 Å². The predicted octanol–water partition coefficient (Wildman–Crippen LogP) is 15.9. The first kappa shape index (κ1) is 35.7. The molecule has 2 aliphatic rings. The molecule has 0 amide bonds. The van der Waals surface area contributed by atoms with Gasteiger partial charge in [-0.05, 0) is 101 Å². The van der Waals surface area contributed by atoms with Crippen molar-refractivity contribution in [2.24, 2.45) is 0 Å². The zero-order chi connectivity index (χ0) is 39.1. The second kappa shape index (κ2) is 15.0. The van der Waals surface area contributed by atoms with Crippen molar-refractivity contribution in [1.29, 1.82) is 0 Å². The van der Waals surface area contributed by atoms with Crippen molar-refractivity contribution < 1.29 is 0 Å². The summed E-state index contributed by atoms with van der Waals surface area (Å²) >= 11 is 1.93. The Balaban J connectivity index is 1.22. The first-order valence-corrected chi connectivity index (χ1v) is 21.0. The Kier molecular flexibility index (Phi) is 9.20. The van der Waals surface area contributed by atoms with Crippen molar-refractivity contribution in [2.75, 3.05) is 4.90 Å². The van der Waals surface area contributed by atoms with E-state index in [1.165, 1.54) is 81.5 Å². The summed E-state index contributed by atoms with van der Waals surface area (Å²) in [6.07, 6.45) is 18.7. The van der Waals surface area contributed by atoms with Crippen LogP contribution in [0.2, 0.25) is 0 Å². The van der Waals surface area contributed by atoms with Gasteiger partial charge in [0, 0.05) is 32.4 Å². The summed E-state index contributed by atoms with van der Waals surface area (Å²) < 4.78 is 2.61. The fourth-order valence-electron chi connectivity index (χ4n) is 9.20. The van der Waals surface area contributed by atoms with Crippen LogP contribution in [0.15, 0.2) is 218 Å². The smallest absolute Gasteiger partial charge is 0.0711 e. The van der Waals surface area contributed by atoms with Gasteiger partial charge in [-0.15, -0.1) is 11.3 Å². The minimum atomic E-state index is -0.436. The Morgan fingerprint density at radius 1 is 0.638 bits per heavy atom. The molecule has 0 aliphatic heterocycles. The molecule has 0 fully saturated rings. The molecule has 1 aromatic heterocycles. The van der Waals surface area contributed by atoms with Gasteiger partial charge in [-0.25, -0.2) is 0 Å². The van der Waals surface area contributed by atoms with Crippen LogP contribution < -0.4 is 4.90 Å². The fourth-order valence-corrected chi connectivity index (χ4v) is 10.6. The number of fused-ring (bicyclic) bond motifs is 7. The molecule has 0 bridgehead atoms. The second-order valence-electron chi connectivity index (χ2n) is 15.1. The highest BCUT2D eigenvalue weighted by molar-refractivity contribution is 7.27. The van der Waals surface area contributed by atoms with E-state index in [4.69, 9.17) is 0 Å². The number of rotatable bonds is 8. The summed E-state index contributed by atoms with van der Waals surface area (Å²) in [6.45, 7) is 4.23. The molecule has 1 unspecified atom stereocenters. The van der Waals surface area contributed by atoms with E-state index in [0.717, 1.165) is 17.8 Å². The molecule has 1 heterocycles. The van der Waals surface area contributed by atoms with Crippen LogP contribution in [0.3, 0.4) is 0 Å². The average molecular weight is 762 g/mol. The van der Waals surface area contributed by atoms with Crippen molar-refractivity contribution in [3.05, 3.63) is 240 Å². The Bertz CT molecular complexity index is 2980. The molecular formula is C56H43NS. The highest BCUT2D eigenvalue weighted by atomic mass is 32.1. The predicted molar refractivity (Wildman–Crippen MR) is 251 cm³/mol. The van der Waals surface area contributed by atoms with Gasteiger partial charge >= 0.3 is 0 Å². The van der Waals surface area contributed by atoms with Crippen LogP contribution in [0.25, 0.3) is 48.0 Å². The van der Waals surface area contributed by atoms with Crippen LogP contribution in [0.1, 0.15) is 42.5 Å². The number of nitrogens with zero attached hydrogens (tertiary/aromatic N) is 1. The molecule has 10 rings (SSSR count). The largest absolute Gasteiger partial charge is 0.309 e. The standard InChI is InChI=1S/C56H43NS/c1-3-4-19-39(2)40-32-34-45(35-33-40)57(46-27-17-22-42(38-46)41-20-9-7-10-21-41)52-31-18-29-47-48-36-37-51-53(55(48)58-54(47)52)49-28-15-16-30-50(49)56(51,44-25-13-8-14-26-44)43-23-11-5-6-12-24-43/h3-11,13-38H,12H2,1-2H3/b4-3-,39-19+. The number of benzene rings is 7. The molecule has 7 aromatic carbocycles. The molecular weight excluding hydrogens is 719 g/mol. The fraction of sp³-hybridized carbons (Fsp3) is 0.0714. The lowest BCUT2D eigenvalue weighted by molar-refractivity contribution is 0.764. The number of allylic oxidation sites excluding steroid dienone is 10. The molecule has 8 aromatic rings. The van der Waals surface area contributed by atoms with Gasteiger partial charge in [0.05, 0.1) is 15.8 Å². The minimum absolute atomic E-state index is 0.436. The third-order valence-corrected chi connectivity index (χ3v) is 13.1. The van der Waals surface area contributed by atoms with Gasteiger partial charge in [-0.3, -0.25) is 0 Å². The van der Waals surface area contributed by atoms with Crippen molar-refractivity contribution >= 4 is 54.1 Å². The van der Waals surface area contributed by atoms with Gasteiger partial charge in [0.25, 0.3) is 0 Å². The molecule has 0 spiro atoms. The molecule has 278 valence electrons. The first-order chi connectivity index (χ1) is 28.7. The summed E-state index contributed by atoms with van der Waals surface area (Å²) in [4.78, 5) is 2.45. The second-order valence-corrected chi connectivity index (χ2v) is 16.2. The minimum Gasteiger partial charge on any atom is -0.309 e. The molecule has 0 saturated heterocycles. The maximum atomic E-state index is 2.45. The van der Waals surface area contributed by atoms with Crippen molar-refractivity contribution in [3.8, 4) is 22.3 Å². The third-order valence-electron chi connectivity index (χ3n) is 11.9. The van der Waals surface area contributed by atoms with E-state index in [1.54, 1.807) is 0 Å². The molecule has 1 nitrogen and oxygen atoms in total. The van der Waals surface area contributed by atoms with E-state index in [9.17, 15) is 0 Å². The van der Waals surface area contributed by atoms with Crippen molar-refractivity contribution in [3.63, 3.8) is 0 Å². The van der Waals surface area contributed by atoms with Crippen molar-refractivity contribution in [1.82, 2.24) is 0 Å². The Labute approximate surface area is 345 Å². The Morgan fingerprint density at radius 3 is 2.21 bits per heavy atom. The zero-order valence-corrected chi connectivity index (χ0v) is 33.6. The molecule has 0 radical (unpaired) electrons. The van der Waals surface area contributed by atoms with Gasteiger partial charge in [0.1, 0.15) is 0 Å². The molecule has 2 aliphatic carbocycles. The number of thiophene rings is 1. The van der Waals surface area contributed by atoms with Crippen LogP contribution in [0.5, 0.6) is 0 Å². The van der Waals surface area contributed by atoms with Crippen LogP contribution in [0, 0.1) is 0 Å². The molecule has 1 atom stereocenters. The molecule has 0 saturated carbocycles. The van der Waals surface area contributed by atoms with E-state index in [0.29, 0.717) is 0 Å². The Morgan fingerprint density at radius 2 is 1.38 bits per heavy atom. The topological polar surface area (TPSA) is 3.24 Å². The van der Waals surface area contributed by atoms with E-state index >= 15 is 0 Å². The molecule has 2 heteroatoms. The Hall–Kier alpha value is -6.74. The van der Waals surface area contributed by atoms with Gasteiger partial charge in [0.2, 0.25) is 0 Å². The normalized spacial score (nSPS) is 16.1. The monoisotopic (exact) mass is 761 g/mol. The summed E-state index contributed by atoms with van der Waals surface area (Å²) in [7, 11) is 0. The summed E-state index contributed by atoms with van der Waals surface area (Å²) in [5, 5.41) is 2.57. The highest BCUT2D eigenvalue weighted by Gasteiger charge is 2.47. The quantitative estimate of drug-likeness (QED) is 0.139. The van der Waals surface area contributed by atoms with Crippen LogP contribution >= 0.6 is 11.3 Å². The highest BCUT2D eigenvalue weighted by Crippen LogP contribution is 2.60. The number of hydrogen-bond donors (Lipinski definition) is 0. The lowest BCUT2D eigenvalue weighted by Gasteiger charge is -2.34. The summed E-state index contributed by atoms with van der Waals surface area (Å²) in [5.41, 5.74) is 15.8. The lowest BCUT2D eigenvalue weighted by atomic mass is 9.67. The maximum absolute atomic E-state index is 2.45. The van der Waals surface area contributed by atoms with Crippen LogP contribution in [0.4, 0.5) is 17.1 Å². The van der Waals surface area contributed by atoms with Gasteiger partial charge in [-0.2, -0.15) is 0 Å². The lowest BCUT2D eigenvalue weighted by Crippen LogP contribution is -2.29. The van der Waals surface area contributed by atoms with Crippen LogP contribution in [-0.4, -0.2) is 0 Å². The van der Waals surface area contributed by atoms with Gasteiger partial charge in [-0.1, -0.05) is 182 Å². The van der Waals surface area contributed by atoms with E-state index in [2.05, 4.69) is 231 Å². The number of hydrogen-bond acceptors (Lipinski definition) is 2. The average Bonchev–Trinajstić information content (AvgIpc) is 3.67. The number of anilines is 3. The summed E-state index contributed by atoms with van der Waals surface area (Å²) in [6, 6.07) is 60.7. The van der Waals surface area contributed by atoms with Gasteiger partial charge in [0.15, 0.2) is 0 Å². The zero-order valence-electron chi connectivity index (χ0n) is 32.8. The summed E-state index contributed by atoms with van der Waals surface area (Å²) in [5.74, 6) is 0. The molecule has 0 N–H and O–H groups in total. The first-order valence-electron chi connectivity index (χ1n) is 20.2. The van der Waals surface area contributed by atoms with E-state index in [-0.39, 0.29) is 0 Å². The molecule has 58 heavy (non-hydrogen) atoms. The van der Waals surface area contributed by atoms with Gasteiger partial charge < -0.3 is 4.90 Å². The van der Waals surface area contributed by atoms with Crippen LogP contribution in [-0.2, 0) is 5.41 Å². The third kappa shape index (κ3) is 5.83. The SMILES string of the molecule is C/C=C\C=C(/C)c1ccc(N(c2cccc(-c3ccccc3)c2)c2cccc3c2sc2c4c(ccc23)C(C2=CCC=CC=C2)(c2ccccc2)c2ccccc2-4)cc1. The maximum Gasteiger partial charge on any atom is 0.0711 e. The van der Waals surface area contributed by atoms with Crippen molar-refractivity contribution in [2.45, 2.75) is 25.7 Å².